The molecule has 1 saturated heterocycles. The van der Waals surface area contributed by atoms with E-state index in [1.54, 1.807) is 23.6 Å². The summed E-state index contributed by atoms with van der Waals surface area (Å²) in [5, 5.41) is 8.41. The third kappa shape index (κ3) is 7.45. The molecule has 14 heteroatoms. The smallest absolute Gasteiger partial charge is 0.259 e. The highest BCUT2D eigenvalue weighted by atomic mass is 32.2. The monoisotopic (exact) mass is 760 g/mol. The van der Waals surface area contributed by atoms with Crippen molar-refractivity contribution in [2.75, 3.05) is 13.7 Å². The number of methoxy groups -OCH3 is 1. The summed E-state index contributed by atoms with van der Waals surface area (Å²) in [4.78, 5) is 48.7. The first kappa shape index (κ1) is 37.8. The van der Waals surface area contributed by atoms with Gasteiger partial charge in [0.05, 0.1) is 29.6 Å². The van der Waals surface area contributed by atoms with Crippen LogP contribution in [0.25, 0.3) is 16.7 Å². The summed E-state index contributed by atoms with van der Waals surface area (Å²) in [7, 11) is -2.35. The normalized spacial score (nSPS) is 28.4. The Morgan fingerprint density at radius 3 is 2.57 bits per heavy atom. The maximum atomic E-state index is 14.4. The summed E-state index contributed by atoms with van der Waals surface area (Å²) in [6.45, 7) is 10.2. The van der Waals surface area contributed by atoms with Gasteiger partial charge in [-0.15, -0.1) is 0 Å². The second kappa shape index (κ2) is 14.3. The molecule has 3 aromatic rings. The molecule has 13 nitrogen and oxygen atoms in total. The first-order valence-electron chi connectivity index (χ1n) is 19.2. The van der Waals surface area contributed by atoms with Crippen LogP contribution in [-0.4, -0.2) is 81.9 Å². The standard InChI is InChI=1S/C40H52N6O7S/c1-24(2)31-13-16-46(43-31)35-21-34(30-12-11-28(52-6)19-32(30)41-35)53-29-20-33-37(48)42-40(38(49)44-54(50,51)39(5)14-15-39)22-27(40)10-8-7-9-25(3)17-26(4)18-36(47)45(33)23-29/h8,10-13,16,19,21,24-27,29,33H,7,9,14-15,17-18,20,22-23H2,1-6H3,(H,42,48)(H,44,49). The molecule has 4 aliphatic rings. The number of amides is 3. The number of hydrogen-bond acceptors (Lipinski definition) is 9. The van der Waals surface area contributed by atoms with Gasteiger partial charge in [0.2, 0.25) is 21.8 Å². The molecule has 0 radical (unpaired) electrons. The topological polar surface area (TPSA) is 162 Å². The Morgan fingerprint density at radius 2 is 1.87 bits per heavy atom. The molecule has 1 aromatic carbocycles. The maximum absolute atomic E-state index is 14.4. The Hall–Kier alpha value is -4.46. The van der Waals surface area contributed by atoms with Gasteiger partial charge in [0.15, 0.2) is 5.82 Å². The number of benzene rings is 1. The van der Waals surface area contributed by atoms with Crippen LogP contribution >= 0.6 is 0 Å². The number of carbonyl (C=O) groups excluding carboxylic acids is 3. The van der Waals surface area contributed by atoms with E-state index >= 15 is 0 Å². The van der Waals surface area contributed by atoms with E-state index < -0.39 is 44.3 Å². The van der Waals surface area contributed by atoms with Crippen LogP contribution in [0, 0.1) is 17.8 Å². The number of nitrogens with one attached hydrogen (secondary N) is 2. The Labute approximate surface area is 317 Å². The van der Waals surface area contributed by atoms with Gasteiger partial charge >= 0.3 is 0 Å². The molecule has 6 atom stereocenters. The predicted octanol–water partition coefficient (Wildman–Crippen LogP) is 5.18. The second-order valence-corrected chi connectivity index (χ2v) is 18.7. The highest BCUT2D eigenvalue weighted by molar-refractivity contribution is 7.91. The first-order valence-corrected chi connectivity index (χ1v) is 20.7. The predicted molar refractivity (Wildman–Crippen MR) is 204 cm³/mol. The van der Waals surface area contributed by atoms with Crippen LogP contribution in [0.5, 0.6) is 11.5 Å². The molecule has 2 aliphatic carbocycles. The van der Waals surface area contributed by atoms with Gasteiger partial charge in [0.25, 0.3) is 5.91 Å². The average Bonchev–Trinajstić information content (AvgIpc) is 3.88. The lowest BCUT2D eigenvalue weighted by Crippen LogP contribution is -2.57. The maximum Gasteiger partial charge on any atom is 0.259 e. The molecule has 2 saturated carbocycles. The minimum Gasteiger partial charge on any atom is -0.497 e. The van der Waals surface area contributed by atoms with Crippen molar-refractivity contribution < 1.29 is 32.3 Å². The fraction of sp³-hybridized carbons (Fsp3) is 0.575. The molecule has 0 bridgehead atoms. The van der Waals surface area contributed by atoms with Gasteiger partial charge in [-0.3, -0.25) is 19.1 Å². The van der Waals surface area contributed by atoms with Crippen molar-refractivity contribution in [3.8, 4) is 17.3 Å². The quantitative estimate of drug-likeness (QED) is 0.295. The van der Waals surface area contributed by atoms with E-state index in [4.69, 9.17) is 19.6 Å². The van der Waals surface area contributed by atoms with Crippen LogP contribution in [0.1, 0.15) is 97.6 Å². The van der Waals surface area contributed by atoms with Gasteiger partial charge in [0.1, 0.15) is 29.2 Å². The summed E-state index contributed by atoms with van der Waals surface area (Å²) in [5.74, 6) is 0.586. The number of sulfonamides is 1. The van der Waals surface area contributed by atoms with Crippen molar-refractivity contribution in [1.29, 1.82) is 0 Å². The van der Waals surface area contributed by atoms with Crippen molar-refractivity contribution in [2.24, 2.45) is 17.8 Å². The zero-order valence-corrected chi connectivity index (χ0v) is 32.8. The highest BCUT2D eigenvalue weighted by Crippen LogP contribution is 2.47. The summed E-state index contributed by atoms with van der Waals surface area (Å²) < 4.78 is 41.5. The molecule has 3 fully saturated rings. The molecule has 54 heavy (non-hydrogen) atoms. The lowest BCUT2D eigenvalue weighted by molar-refractivity contribution is -0.140. The van der Waals surface area contributed by atoms with Crippen molar-refractivity contribution in [3.05, 3.63) is 54.4 Å². The highest BCUT2D eigenvalue weighted by Gasteiger charge is 2.63. The van der Waals surface area contributed by atoms with Gasteiger partial charge in [-0.05, 0) is 81.4 Å². The van der Waals surface area contributed by atoms with Gasteiger partial charge < -0.3 is 19.7 Å². The number of pyridine rings is 1. The Bertz CT molecular complexity index is 2090. The molecular weight excluding hydrogens is 709 g/mol. The van der Waals surface area contributed by atoms with E-state index in [0.29, 0.717) is 41.6 Å². The number of fused-ring (bicyclic) bond motifs is 3. The summed E-state index contributed by atoms with van der Waals surface area (Å²) in [6.07, 6.45) is 9.43. The Kier molecular flexibility index (Phi) is 10.0. The van der Waals surface area contributed by atoms with Gasteiger partial charge in [-0.1, -0.05) is 39.8 Å². The van der Waals surface area contributed by atoms with E-state index in [1.165, 1.54) is 0 Å². The Balaban J connectivity index is 1.20. The lowest BCUT2D eigenvalue weighted by atomic mass is 9.91. The van der Waals surface area contributed by atoms with Gasteiger partial charge in [0, 0.05) is 42.5 Å². The molecule has 0 spiro atoms. The first-order chi connectivity index (χ1) is 25.6. The van der Waals surface area contributed by atoms with Crippen molar-refractivity contribution in [2.45, 2.75) is 114 Å². The van der Waals surface area contributed by atoms with Crippen LogP contribution in [0.4, 0.5) is 0 Å². The molecule has 6 unspecified atom stereocenters. The molecular formula is C40H52N6O7S. The zero-order valence-electron chi connectivity index (χ0n) is 32.0. The van der Waals surface area contributed by atoms with E-state index in [9.17, 15) is 22.8 Å². The number of carbonyl (C=O) groups is 3. The third-order valence-corrected chi connectivity index (χ3v) is 13.9. The van der Waals surface area contributed by atoms with Crippen molar-refractivity contribution in [1.82, 2.24) is 29.7 Å². The number of nitrogens with zero attached hydrogens (tertiary/aromatic N) is 4. The fourth-order valence-corrected chi connectivity index (χ4v) is 9.19. The van der Waals surface area contributed by atoms with Crippen LogP contribution in [0.15, 0.2) is 48.7 Å². The summed E-state index contributed by atoms with van der Waals surface area (Å²) in [6, 6.07) is 8.36. The van der Waals surface area contributed by atoms with E-state index in [1.807, 2.05) is 48.7 Å². The summed E-state index contributed by atoms with van der Waals surface area (Å²) in [5.41, 5.74) is 0.105. The van der Waals surface area contributed by atoms with Gasteiger partial charge in [-0.25, -0.2) is 18.1 Å². The number of hydrogen-bond donors (Lipinski definition) is 2. The largest absolute Gasteiger partial charge is 0.497 e. The van der Waals surface area contributed by atoms with Gasteiger partial charge in [-0.2, -0.15) is 5.10 Å². The molecule has 2 N–H and O–H groups in total. The molecule has 3 amide bonds. The van der Waals surface area contributed by atoms with Crippen LogP contribution < -0.4 is 19.5 Å². The third-order valence-electron chi connectivity index (χ3n) is 11.7. The number of aromatic nitrogens is 3. The van der Waals surface area contributed by atoms with Crippen molar-refractivity contribution in [3.63, 3.8) is 0 Å². The average molecular weight is 761 g/mol. The van der Waals surface area contributed by atoms with E-state index in [2.05, 4.69) is 37.7 Å². The summed E-state index contributed by atoms with van der Waals surface area (Å²) >= 11 is 0. The minimum absolute atomic E-state index is 0.0938. The lowest BCUT2D eigenvalue weighted by Gasteiger charge is -2.28. The van der Waals surface area contributed by atoms with E-state index in [-0.39, 0.29) is 49.5 Å². The zero-order chi connectivity index (χ0) is 38.6. The molecule has 4 heterocycles. The van der Waals surface area contributed by atoms with E-state index in [0.717, 1.165) is 30.3 Å². The molecule has 2 aliphatic heterocycles. The van der Waals surface area contributed by atoms with Crippen LogP contribution in [0.2, 0.25) is 0 Å². The van der Waals surface area contributed by atoms with Crippen molar-refractivity contribution >= 4 is 38.6 Å². The fourth-order valence-electron chi connectivity index (χ4n) is 7.88. The van der Waals surface area contributed by atoms with Crippen LogP contribution in [-0.2, 0) is 24.4 Å². The number of rotatable bonds is 8. The van der Waals surface area contributed by atoms with Crippen LogP contribution in [0.3, 0.4) is 0 Å². The number of ether oxygens (including phenoxy) is 2. The second-order valence-electron chi connectivity index (χ2n) is 16.6. The number of allylic oxidation sites excluding steroid dienone is 1. The molecule has 290 valence electrons. The molecule has 2 aromatic heterocycles. The SMILES string of the molecule is COc1ccc2c(OC3CC4C(=O)NC5(C(=O)NS(=O)(=O)C6(C)CC6)CC5C=CCCC(C)CC(C)CC(=O)N4C3)cc(-n3ccc(C(C)C)n3)nc2c1. The molecule has 7 rings (SSSR count). The Morgan fingerprint density at radius 1 is 1.09 bits per heavy atom. The minimum atomic E-state index is -3.94.